The van der Waals surface area contributed by atoms with Crippen molar-refractivity contribution < 1.29 is 13.9 Å². The Kier molecular flexibility index (Phi) is 5.17. The zero-order chi connectivity index (χ0) is 15.2. The van der Waals surface area contributed by atoms with Crippen LogP contribution in [0.25, 0.3) is 0 Å². The van der Waals surface area contributed by atoms with E-state index in [0.717, 1.165) is 5.56 Å². The largest absolute Gasteiger partial charge is 0.478 e. The Balaban J connectivity index is 1.88. The van der Waals surface area contributed by atoms with Crippen molar-refractivity contribution in [3.8, 4) is 5.75 Å². The number of carbonyl (C=O) groups excluding carboxylic acids is 1. The number of hydrogen-bond donors (Lipinski definition) is 1. The van der Waals surface area contributed by atoms with Gasteiger partial charge < -0.3 is 10.1 Å². The van der Waals surface area contributed by atoms with Crippen LogP contribution in [0.4, 0.5) is 4.39 Å². The first-order chi connectivity index (χ1) is 10.1. The molecule has 0 aliphatic carbocycles. The van der Waals surface area contributed by atoms with E-state index in [1.54, 1.807) is 31.2 Å². The molecule has 2 rings (SSSR count). The number of ether oxygens (including phenoxy) is 1. The Morgan fingerprint density at radius 3 is 2.57 bits per heavy atom. The van der Waals surface area contributed by atoms with Crippen molar-refractivity contribution in [2.24, 2.45) is 0 Å². The van der Waals surface area contributed by atoms with E-state index in [4.69, 9.17) is 16.3 Å². The minimum absolute atomic E-state index is 0.0617. The Morgan fingerprint density at radius 2 is 1.90 bits per heavy atom. The highest BCUT2D eigenvalue weighted by atomic mass is 35.5. The zero-order valence-electron chi connectivity index (χ0n) is 11.5. The quantitative estimate of drug-likeness (QED) is 0.917. The Morgan fingerprint density at radius 1 is 1.24 bits per heavy atom. The summed E-state index contributed by atoms with van der Waals surface area (Å²) >= 11 is 5.79. The van der Waals surface area contributed by atoms with E-state index in [9.17, 15) is 9.18 Å². The molecule has 0 radical (unpaired) electrons. The molecule has 110 valence electrons. The van der Waals surface area contributed by atoms with E-state index < -0.39 is 11.9 Å². The van der Waals surface area contributed by atoms with E-state index in [0.29, 0.717) is 11.6 Å². The molecule has 1 N–H and O–H groups in total. The summed E-state index contributed by atoms with van der Waals surface area (Å²) in [5.41, 5.74) is 0.922. The molecule has 0 aliphatic heterocycles. The Bertz CT molecular complexity index is 616. The van der Waals surface area contributed by atoms with Crippen molar-refractivity contribution >= 4 is 17.5 Å². The van der Waals surface area contributed by atoms with Crippen LogP contribution in [0.2, 0.25) is 5.02 Å². The second kappa shape index (κ2) is 7.09. The van der Waals surface area contributed by atoms with E-state index in [2.05, 4.69) is 5.32 Å². The molecule has 0 fully saturated rings. The number of nitrogens with one attached hydrogen (secondary N) is 1. The van der Waals surface area contributed by atoms with Gasteiger partial charge in [-0.2, -0.15) is 0 Å². The lowest BCUT2D eigenvalue weighted by Gasteiger charge is -2.15. The maximum atomic E-state index is 13.4. The average molecular weight is 308 g/mol. The number of benzene rings is 2. The molecule has 1 amide bonds. The van der Waals surface area contributed by atoms with Crippen molar-refractivity contribution in [1.29, 1.82) is 0 Å². The predicted octanol–water partition coefficient (Wildman–Crippen LogP) is 3.56. The van der Waals surface area contributed by atoms with Crippen molar-refractivity contribution in [1.82, 2.24) is 5.32 Å². The predicted molar refractivity (Wildman–Crippen MR) is 79.8 cm³/mol. The van der Waals surface area contributed by atoms with E-state index >= 15 is 0 Å². The molecule has 2 aromatic carbocycles. The number of para-hydroxylation sites is 1. The third kappa shape index (κ3) is 4.46. The van der Waals surface area contributed by atoms with Crippen molar-refractivity contribution in [3.63, 3.8) is 0 Å². The molecule has 1 unspecified atom stereocenters. The van der Waals surface area contributed by atoms with Gasteiger partial charge in [-0.3, -0.25) is 4.79 Å². The van der Waals surface area contributed by atoms with Gasteiger partial charge in [0.1, 0.15) is 0 Å². The summed E-state index contributed by atoms with van der Waals surface area (Å²) in [4.78, 5) is 11.9. The maximum Gasteiger partial charge on any atom is 0.261 e. The monoisotopic (exact) mass is 307 g/mol. The summed E-state index contributed by atoms with van der Waals surface area (Å²) < 4.78 is 18.7. The molecule has 0 saturated carbocycles. The Labute approximate surface area is 127 Å². The second-order valence-electron chi connectivity index (χ2n) is 4.53. The van der Waals surface area contributed by atoms with Gasteiger partial charge in [-0.15, -0.1) is 0 Å². The first-order valence-corrected chi connectivity index (χ1v) is 6.87. The lowest BCUT2D eigenvalue weighted by atomic mass is 10.2. The molecule has 21 heavy (non-hydrogen) atoms. The highest BCUT2D eigenvalue weighted by Gasteiger charge is 2.15. The van der Waals surface area contributed by atoms with Gasteiger partial charge in [0.2, 0.25) is 0 Å². The van der Waals surface area contributed by atoms with Crippen LogP contribution in [0, 0.1) is 5.82 Å². The van der Waals surface area contributed by atoms with E-state index in [1.165, 1.54) is 12.1 Å². The number of carbonyl (C=O) groups is 1. The smallest absolute Gasteiger partial charge is 0.261 e. The minimum Gasteiger partial charge on any atom is -0.478 e. The fourth-order valence-corrected chi connectivity index (χ4v) is 1.85. The fourth-order valence-electron chi connectivity index (χ4n) is 1.72. The number of halogens is 2. The van der Waals surface area contributed by atoms with Crippen LogP contribution in [-0.4, -0.2) is 12.0 Å². The molecular weight excluding hydrogens is 293 g/mol. The van der Waals surface area contributed by atoms with Gasteiger partial charge in [-0.05, 0) is 36.8 Å². The van der Waals surface area contributed by atoms with Crippen LogP contribution >= 0.6 is 11.6 Å². The molecule has 1 atom stereocenters. The molecule has 0 spiro atoms. The Hall–Kier alpha value is -2.07. The molecular formula is C16H15ClFNO2. The van der Waals surface area contributed by atoms with E-state index in [-0.39, 0.29) is 11.7 Å². The highest BCUT2D eigenvalue weighted by molar-refractivity contribution is 6.30. The highest BCUT2D eigenvalue weighted by Crippen LogP contribution is 2.17. The summed E-state index contributed by atoms with van der Waals surface area (Å²) in [5.74, 6) is -0.741. The third-order valence-corrected chi connectivity index (χ3v) is 3.14. The molecule has 2 aromatic rings. The number of hydrogen-bond acceptors (Lipinski definition) is 2. The molecule has 5 heteroatoms. The van der Waals surface area contributed by atoms with Crippen molar-refractivity contribution in [2.75, 3.05) is 0 Å². The lowest BCUT2D eigenvalue weighted by molar-refractivity contribution is -0.127. The van der Waals surface area contributed by atoms with Gasteiger partial charge in [0.05, 0.1) is 0 Å². The lowest BCUT2D eigenvalue weighted by Crippen LogP contribution is -2.36. The van der Waals surface area contributed by atoms with Crippen LogP contribution in [0.15, 0.2) is 48.5 Å². The average Bonchev–Trinajstić information content (AvgIpc) is 2.48. The van der Waals surface area contributed by atoms with Crippen molar-refractivity contribution in [3.05, 3.63) is 64.9 Å². The summed E-state index contributed by atoms with van der Waals surface area (Å²) in [6.07, 6.45) is -0.783. The SMILES string of the molecule is CC(Oc1ccccc1F)C(=O)NCc1ccc(Cl)cc1. The topological polar surface area (TPSA) is 38.3 Å². The summed E-state index contributed by atoms with van der Waals surface area (Å²) in [6, 6.07) is 13.1. The first kappa shape index (κ1) is 15.3. The van der Waals surface area contributed by atoms with Crippen LogP contribution in [0.5, 0.6) is 5.75 Å². The number of rotatable bonds is 5. The van der Waals surface area contributed by atoms with Gasteiger partial charge in [0, 0.05) is 11.6 Å². The summed E-state index contributed by atoms with van der Waals surface area (Å²) in [6.45, 7) is 1.94. The summed E-state index contributed by atoms with van der Waals surface area (Å²) in [7, 11) is 0. The van der Waals surface area contributed by atoms with Gasteiger partial charge in [0.25, 0.3) is 5.91 Å². The standard InChI is InChI=1S/C16H15ClFNO2/c1-11(21-15-5-3-2-4-14(15)18)16(20)19-10-12-6-8-13(17)9-7-12/h2-9,11H,10H2,1H3,(H,19,20). The minimum atomic E-state index is -0.783. The molecule has 0 saturated heterocycles. The zero-order valence-corrected chi connectivity index (χ0v) is 12.2. The first-order valence-electron chi connectivity index (χ1n) is 6.49. The van der Waals surface area contributed by atoms with Crippen LogP contribution in [-0.2, 0) is 11.3 Å². The maximum absolute atomic E-state index is 13.4. The number of amides is 1. The fraction of sp³-hybridized carbons (Fsp3) is 0.188. The van der Waals surface area contributed by atoms with Gasteiger partial charge in [0.15, 0.2) is 17.7 Å². The molecule has 0 aromatic heterocycles. The van der Waals surface area contributed by atoms with Gasteiger partial charge in [-0.25, -0.2) is 4.39 Å². The van der Waals surface area contributed by atoms with Crippen molar-refractivity contribution in [2.45, 2.75) is 19.6 Å². The second-order valence-corrected chi connectivity index (χ2v) is 4.97. The molecule has 0 heterocycles. The van der Waals surface area contributed by atoms with Crippen LogP contribution in [0.1, 0.15) is 12.5 Å². The van der Waals surface area contributed by atoms with Crippen LogP contribution in [0.3, 0.4) is 0 Å². The molecule has 0 aliphatic rings. The normalized spacial score (nSPS) is 11.8. The third-order valence-electron chi connectivity index (χ3n) is 2.89. The van der Waals surface area contributed by atoms with Gasteiger partial charge >= 0.3 is 0 Å². The van der Waals surface area contributed by atoms with E-state index in [1.807, 2.05) is 12.1 Å². The molecule has 0 bridgehead atoms. The summed E-state index contributed by atoms with van der Waals surface area (Å²) in [5, 5.41) is 3.37. The van der Waals surface area contributed by atoms with Gasteiger partial charge in [-0.1, -0.05) is 35.9 Å². The molecule has 3 nitrogen and oxygen atoms in total. The van der Waals surface area contributed by atoms with Crippen LogP contribution < -0.4 is 10.1 Å².